The van der Waals surface area contributed by atoms with E-state index in [0.717, 1.165) is 19.4 Å². The smallest absolute Gasteiger partial charge is 0.326 e. The van der Waals surface area contributed by atoms with Crippen LogP contribution in [0.3, 0.4) is 0 Å². The second-order valence-electron chi connectivity index (χ2n) is 2.72. The van der Waals surface area contributed by atoms with Gasteiger partial charge in [0.05, 0.1) is 0 Å². The molecule has 11 heavy (non-hydrogen) atoms. The molecule has 0 spiro atoms. The van der Waals surface area contributed by atoms with E-state index in [1.807, 2.05) is 24.1 Å². The number of carboxylic acids is 1. The highest BCUT2D eigenvalue weighted by Crippen LogP contribution is 2.17. The molecule has 1 rings (SSSR count). The van der Waals surface area contributed by atoms with E-state index in [-0.39, 0.29) is 6.04 Å². The summed E-state index contributed by atoms with van der Waals surface area (Å²) in [6, 6.07) is -0.286. The Balaban J connectivity index is 2.57. The van der Waals surface area contributed by atoms with Crippen LogP contribution in [0.2, 0.25) is 0 Å². The monoisotopic (exact) mass is 155 g/mol. The number of carbonyl (C=O) groups is 1. The molecule has 0 bridgehead atoms. The molecule has 0 aromatic rings. The van der Waals surface area contributed by atoms with Gasteiger partial charge >= 0.3 is 5.97 Å². The lowest BCUT2D eigenvalue weighted by atomic mass is 10.2. The van der Waals surface area contributed by atoms with E-state index in [1.165, 1.54) is 0 Å². The van der Waals surface area contributed by atoms with E-state index < -0.39 is 5.97 Å². The van der Waals surface area contributed by atoms with E-state index in [1.54, 1.807) is 0 Å². The van der Waals surface area contributed by atoms with Crippen LogP contribution in [0.25, 0.3) is 0 Å². The van der Waals surface area contributed by atoms with Gasteiger partial charge in [0.1, 0.15) is 6.04 Å². The lowest BCUT2D eigenvalue weighted by Crippen LogP contribution is -2.31. The molecule has 1 atom stereocenters. The van der Waals surface area contributed by atoms with Gasteiger partial charge in [-0.3, -0.25) is 0 Å². The number of likely N-dealkylation sites (tertiary alicyclic amines) is 1. The average Bonchev–Trinajstić information content (AvgIpc) is 2.36. The van der Waals surface area contributed by atoms with Crippen molar-refractivity contribution in [3.05, 3.63) is 12.3 Å². The highest BCUT2D eigenvalue weighted by molar-refractivity contribution is 5.74. The Morgan fingerprint density at radius 2 is 2.45 bits per heavy atom. The Bertz CT molecular complexity index is 177. The minimum atomic E-state index is -0.708. The third-order valence-corrected chi connectivity index (χ3v) is 1.92. The van der Waals surface area contributed by atoms with Crippen molar-refractivity contribution in [1.29, 1.82) is 0 Å². The SMILES string of the molecule is C/C=C/N1CCCC1C(=O)O. The van der Waals surface area contributed by atoms with Gasteiger partial charge in [0.25, 0.3) is 0 Å². The molecule has 1 aliphatic heterocycles. The van der Waals surface area contributed by atoms with Crippen molar-refractivity contribution in [3.8, 4) is 0 Å². The van der Waals surface area contributed by atoms with Crippen molar-refractivity contribution < 1.29 is 9.90 Å². The average molecular weight is 155 g/mol. The lowest BCUT2D eigenvalue weighted by Gasteiger charge is -2.17. The van der Waals surface area contributed by atoms with Gasteiger partial charge in [-0.2, -0.15) is 0 Å². The third-order valence-electron chi connectivity index (χ3n) is 1.92. The van der Waals surface area contributed by atoms with E-state index in [4.69, 9.17) is 5.11 Å². The number of hydrogen-bond acceptors (Lipinski definition) is 2. The van der Waals surface area contributed by atoms with Crippen LogP contribution in [0, 0.1) is 0 Å². The van der Waals surface area contributed by atoms with Crippen LogP contribution < -0.4 is 0 Å². The molecule has 1 saturated heterocycles. The van der Waals surface area contributed by atoms with E-state index >= 15 is 0 Å². The van der Waals surface area contributed by atoms with E-state index in [2.05, 4.69) is 0 Å². The number of carboxylic acid groups (broad SMARTS) is 1. The molecular formula is C8H13NO2. The summed E-state index contributed by atoms with van der Waals surface area (Å²) in [7, 11) is 0. The van der Waals surface area contributed by atoms with E-state index in [9.17, 15) is 4.79 Å². The maximum Gasteiger partial charge on any atom is 0.326 e. The van der Waals surface area contributed by atoms with Crippen molar-refractivity contribution in [2.24, 2.45) is 0 Å². The second kappa shape index (κ2) is 3.42. The Morgan fingerprint density at radius 1 is 1.73 bits per heavy atom. The standard InChI is InChI=1S/C8H13NO2/c1-2-5-9-6-3-4-7(9)8(10)11/h2,5,7H,3-4,6H2,1H3,(H,10,11)/b5-2+. The normalized spacial score (nSPS) is 24.8. The van der Waals surface area contributed by atoms with Crippen LogP contribution in [-0.4, -0.2) is 28.6 Å². The van der Waals surface area contributed by atoms with Gasteiger partial charge in [0.15, 0.2) is 0 Å². The number of allylic oxidation sites excluding steroid dienone is 1. The van der Waals surface area contributed by atoms with Gasteiger partial charge in [0.2, 0.25) is 0 Å². The number of hydrogen-bond donors (Lipinski definition) is 1. The summed E-state index contributed by atoms with van der Waals surface area (Å²) in [5.74, 6) is -0.708. The number of rotatable bonds is 2. The maximum atomic E-state index is 10.6. The van der Waals surface area contributed by atoms with Crippen LogP contribution in [0.1, 0.15) is 19.8 Å². The molecule has 1 fully saturated rings. The summed E-state index contributed by atoms with van der Waals surface area (Å²) in [5.41, 5.74) is 0. The van der Waals surface area contributed by atoms with Gasteiger partial charge in [-0.1, -0.05) is 6.08 Å². The number of aliphatic carboxylic acids is 1. The molecule has 62 valence electrons. The fraction of sp³-hybridized carbons (Fsp3) is 0.625. The first-order valence-corrected chi connectivity index (χ1v) is 3.87. The largest absolute Gasteiger partial charge is 0.480 e. The zero-order valence-electron chi connectivity index (χ0n) is 6.66. The Morgan fingerprint density at radius 3 is 3.00 bits per heavy atom. The van der Waals surface area contributed by atoms with Gasteiger partial charge < -0.3 is 10.0 Å². The molecule has 3 heteroatoms. The van der Waals surface area contributed by atoms with Crippen LogP contribution in [0.5, 0.6) is 0 Å². The van der Waals surface area contributed by atoms with Crippen LogP contribution in [0.4, 0.5) is 0 Å². The highest BCUT2D eigenvalue weighted by atomic mass is 16.4. The van der Waals surface area contributed by atoms with E-state index in [0.29, 0.717) is 0 Å². The van der Waals surface area contributed by atoms with Crippen molar-refractivity contribution >= 4 is 5.97 Å². The lowest BCUT2D eigenvalue weighted by molar-refractivity contribution is -0.141. The molecule has 0 radical (unpaired) electrons. The number of nitrogens with zero attached hydrogens (tertiary/aromatic N) is 1. The summed E-state index contributed by atoms with van der Waals surface area (Å²) in [6.45, 7) is 2.78. The zero-order chi connectivity index (χ0) is 8.27. The summed E-state index contributed by atoms with van der Waals surface area (Å²) in [5, 5.41) is 8.73. The Hall–Kier alpha value is -0.990. The minimum absolute atomic E-state index is 0.286. The van der Waals surface area contributed by atoms with Crippen LogP contribution in [0.15, 0.2) is 12.3 Å². The first kappa shape index (κ1) is 8.11. The summed E-state index contributed by atoms with van der Waals surface area (Å²) >= 11 is 0. The van der Waals surface area contributed by atoms with Gasteiger partial charge in [-0.25, -0.2) is 4.79 Å². The molecule has 1 heterocycles. The molecule has 0 saturated carbocycles. The first-order valence-electron chi connectivity index (χ1n) is 3.87. The Kier molecular flexibility index (Phi) is 2.52. The van der Waals surface area contributed by atoms with Crippen molar-refractivity contribution in [3.63, 3.8) is 0 Å². The zero-order valence-corrected chi connectivity index (χ0v) is 6.66. The molecule has 1 aliphatic rings. The molecule has 1 N–H and O–H groups in total. The molecular weight excluding hydrogens is 142 g/mol. The van der Waals surface area contributed by atoms with Crippen molar-refractivity contribution in [1.82, 2.24) is 4.90 Å². The van der Waals surface area contributed by atoms with Gasteiger partial charge in [0, 0.05) is 6.54 Å². The molecule has 0 aromatic heterocycles. The van der Waals surface area contributed by atoms with Crippen molar-refractivity contribution in [2.75, 3.05) is 6.54 Å². The second-order valence-corrected chi connectivity index (χ2v) is 2.72. The fourth-order valence-corrected chi connectivity index (χ4v) is 1.42. The summed E-state index contributed by atoms with van der Waals surface area (Å²) in [4.78, 5) is 12.5. The van der Waals surface area contributed by atoms with Crippen LogP contribution >= 0.6 is 0 Å². The maximum absolute atomic E-state index is 10.6. The fourth-order valence-electron chi connectivity index (χ4n) is 1.42. The molecule has 0 amide bonds. The third kappa shape index (κ3) is 1.73. The Labute approximate surface area is 66.3 Å². The van der Waals surface area contributed by atoms with Gasteiger partial charge in [-0.15, -0.1) is 0 Å². The quantitative estimate of drug-likeness (QED) is 0.648. The molecule has 3 nitrogen and oxygen atoms in total. The highest BCUT2D eigenvalue weighted by Gasteiger charge is 2.27. The summed E-state index contributed by atoms with van der Waals surface area (Å²) in [6.07, 6.45) is 5.49. The topological polar surface area (TPSA) is 40.5 Å². The minimum Gasteiger partial charge on any atom is -0.480 e. The predicted octanol–water partition coefficient (Wildman–Crippen LogP) is 1.07. The summed E-state index contributed by atoms with van der Waals surface area (Å²) < 4.78 is 0. The van der Waals surface area contributed by atoms with Crippen molar-refractivity contribution in [2.45, 2.75) is 25.8 Å². The molecule has 0 aliphatic carbocycles. The first-order chi connectivity index (χ1) is 5.25. The van der Waals surface area contributed by atoms with Crippen LogP contribution in [-0.2, 0) is 4.79 Å². The molecule has 0 aromatic carbocycles. The van der Waals surface area contributed by atoms with Gasteiger partial charge in [-0.05, 0) is 26.0 Å². The molecule has 1 unspecified atom stereocenters. The predicted molar refractivity (Wildman–Crippen MR) is 42.2 cm³/mol.